The predicted octanol–water partition coefficient (Wildman–Crippen LogP) is 4.01. The minimum atomic E-state index is -0.919. The van der Waals surface area contributed by atoms with Crippen LogP contribution in [-0.2, 0) is 9.53 Å². The van der Waals surface area contributed by atoms with Crippen LogP contribution in [0.4, 0.5) is 5.69 Å². The lowest BCUT2D eigenvalue weighted by Crippen LogP contribution is -2.74. The van der Waals surface area contributed by atoms with Crippen molar-refractivity contribution in [3.05, 3.63) is 35.3 Å². The largest absolute Gasteiger partial charge is 0.378 e. The van der Waals surface area contributed by atoms with Crippen molar-refractivity contribution >= 4 is 35.3 Å². The van der Waals surface area contributed by atoms with Crippen molar-refractivity contribution in [2.24, 2.45) is 11.1 Å². The molecule has 1 heterocycles. The summed E-state index contributed by atoms with van der Waals surface area (Å²) < 4.78 is 5.69. The van der Waals surface area contributed by atoms with E-state index >= 15 is 0 Å². The molecule has 2 aromatic rings. The summed E-state index contributed by atoms with van der Waals surface area (Å²) in [6.07, 6.45) is 0.555. The van der Waals surface area contributed by atoms with Gasteiger partial charge < -0.3 is 15.8 Å². The van der Waals surface area contributed by atoms with Gasteiger partial charge in [-0.25, -0.2) is 4.98 Å². The fourth-order valence-electron chi connectivity index (χ4n) is 3.25. The van der Waals surface area contributed by atoms with Crippen LogP contribution >= 0.6 is 23.7 Å². The van der Waals surface area contributed by atoms with Crippen LogP contribution in [-0.4, -0.2) is 29.1 Å². The topological polar surface area (TPSA) is 77.2 Å². The Kier molecular flexibility index (Phi) is 6.13. The summed E-state index contributed by atoms with van der Waals surface area (Å²) in [6.45, 7) is 8.54. The molecule has 2 atom stereocenters. The van der Waals surface area contributed by atoms with Gasteiger partial charge in [0.1, 0.15) is 10.5 Å². The predicted molar refractivity (Wildman–Crippen MR) is 109 cm³/mol. The second kappa shape index (κ2) is 7.64. The van der Waals surface area contributed by atoms with E-state index in [4.69, 9.17) is 10.5 Å². The lowest BCUT2D eigenvalue weighted by molar-refractivity contribution is -0.166. The number of carbonyl (C=O) groups is 1. The van der Waals surface area contributed by atoms with Crippen LogP contribution in [0.15, 0.2) is 29.6 Å². The molecule has 0 bridgehead atoms. The highest BCUT2D eigenvalue weighted by Gasteiger charge is 2.62. The first-order valence-electron chi connectivity index (χ1n) is 8.52. The molecule has 3 N–H and O–H groups in total. The minimum absolute atomic E-state index is 0. The first-order chi connectivity index (χ1) is 11.8. The lowest BCUT2D eigenvalue weighted by Gasteiger charge is -2.57. The van der Waals surface area contributed by atoms with Crippen molar-refractivity contribution in [3.63, 3.8) is 0 Å². The zero-order valence-corrected chi connectivity index (χ0v) is 17.2. The normalized spacial score (nSPS) is 23.7. The van der Waals surface area contributed by atoms with E-state index in [0.29, 0.717) is 13.0 Å². The van der Waals surface area contributed by atoms with Gasteiger partial charge in [0.15, 0.2) is 0 Å². The van der Waals surface area contributed by atoms with Gasteiger partial charge in [0, 0.05) is 40.8 Å². The number of aromatic nitrogens is 1. The maximum absolute atomic E-state index is 12.7. The molecule has 5 nitrogen and oxygen atoms in total. The lowest BCUT2D eigenvalue weighted by atomic mass is 9.54. The van der Waals surface area contributed by atoms with E-state index in [0.717, 1.165) is 22.0 Å². The monoisotopic (exact) mass is 395 g/mol. The zero-order chi connectivity index (χ0) is 18.2. The van der Waals surface area contributed by atoms with Gasteiger partial charge in [-0.05, 0) is 38.1 Å². The van der Waals surface area contributed by atoms with Crippen LogP contribution in [0.1, 0.15) is 32.9 Å². The van der Waals surface area contributed by atoms with E-state index < -0.39 is 11.0 Å². The Bertz CT molecular complexity index is 775. The summed E-state index contributed by atoms with van der Waals surface area (Å²) in [5, 5.41) is 5.95. The number of nitrogens with one attached hydrogen (secondary N) is 1. The Morgan fingerprint density at radius 3 is 2.54 bits per heavy atom. The van der Waals surface area contributed by atoms with Crippen LogP contribution in [0, 0.1) is 12.3 Å². The molecule has 1 aromatic heterocycles. The number of carbonyl (C=O) groups excluding carboxylic acids is 1. The molecule has 7 heteroatoms. The van der Waals surface area contributed by atoms with Crippen molar-refractivity contribution in [1.82, 2.24) is 4.98 Å². The third kappa shape index (κ3) is 3.51. The number of amides is 1. The maximum atomic E-state index is 12.7. The molecular weight excluding hydrogens is 370 g/mol. The molecule has 2 unspecified atom stereocenters. The Balaban J connectivity index is 0.00000243. The third-order valence-corrected chi connectivity index (χ3v) is 6.25. The van der Waals surface area contributed by atoms with E-state index in [1.165, 1.54) is 0 Å². The molecule has 1 aliphatic carbocycles. The molecule has 0 saturated heterocycles. The molecule has 26 heavy (non-hydrogen) atoms. The first kappa shape index (κ1) is 20.8. The van der Waals surface area contributed by atoms with Gasteiger partial charge in [-0.3, -0.25) is 4.79 Å². The molecule has 1 amide bonds. The molecule has 1 aliphatic rings. The third-order valence-electron chi connectivity index (χ3n) is 5.24. The standard InChI is InChI=1S/C19H25N3O2S.ClH/c1-5-24-15-10-19(20,18(15,3)4)17(23)22-14-8-6-13(7-9-14)16-21-12(2)11-25-16;/h6-9,11,15H,5,10,20H2,1-4H3,(H,22,23);1H. The highest BCUT2D eigenvalue weighted by atomic mass is 35.5. The van der Waals surface area contributed by atoms with E-state index in [1.54, 1.807) is 11.3 Å². The maximum Gasteiger partial charge on any atom is 0.245 e. The van der Waals surface area contributed by atoms with E-state index in [1.807, 2.05) is 57.3 Å². The first-order valence-corrected chi connectivity index (χ1v) is 9.40. The molecule has 3 rings (SSSR count). The smallest absolute Gasteiger partial charge is 0.245 e. The summed E-state index contributed by atoms with van der Waals surface area (Å²) in [5.41, 5.74) is 7.89. The highest BCUT2D eigenvalue weighted by Crippen LogP contribution is 2.50. The number of anilines is 1. The number of benzene rings is 1. The summed E-state index contributed by atoms with van der Waals surface area (Å²) in [5.74, 6) is -0.161. The Hall–Kier alpha value is -1.47. The second-order valence-corrected chi connectivity index (χ2v) is 8.02. The molecule has 0 spiro atoms. The number of ether oxygens (including phenoxy) is 1. The van der Waals surface area contributed by atoms with Crippen LogP contribution in [0.2, 0.25) is 0 Å². The number of thiazole rings is 1. The van der Waals surface area contributed by atoms with Gasteiger partial charge in [0.05, 0.1) is 6.10 Å². The quantitative estimate of drug-likeness (QED) is 0.801. The zero-order valence-electron chi connectivity index (χ0n) is 15.5. The second-order valence-electron chi connectivity index (χ2n) is 7.17. The fraction of sp³-hybridized carbons (Fsp3) is 0.474. The molecular formula is C19H26ClN3O2S. The van der Waals surface area contributed by atoms with Gasteiger partial charge in [0.2, 0.25) is 5.91 Å². The Morgan fingerprint density at radius 2 is 2.04 bits per heavy atom. The van der Waals surface area contributed by atoms with Crippen molar-refractivity contribution in [2.45, 2.75) is 45.8 Å². The molecule has 0 aliphatic heterocycles. The van der Waals surface area contributed by atoms with Crippen molar-refractivity contribution in [3.8, 4) is 10.6 Å². The summed E-state index contributed by atoms with van der Waals surface area (Å²) in [4.78, 5) is 17.2. The van der Waals surface area contributed by atoms with Crippen LogP contribution in [0.5, 0.6) is 0 Å². The number of hydrogen-bond acceptors (Lipinski definition) is 5. The number of halogens is 1. The average Bonchev–Trinajstić information content (AvgIpc) is 3.01. The van der Waals surface area contributed by atoms with Crippen LogP contribution < -0.4 is 11.1 Å². The minimum Gasteiger partial charge on any atom is -0.378 e. The summed E-state index contributed by atoms with van der Waals surface area (Å²) >= 11 is 1.61. The van der Waals surface area contributed by atoms with Gasteiger partial charge in [0.25, 0.3) is 0 Å². The fourth-order valence-corrected chi connectivity index (χ4v) is 4.05. The average molecular weight is 396 g/mol. The van der Waals surface area contributed by atoms with Crippen molar-refractivity contribution in [1.29, 1.82) is 0 Å². The van der Waals surface area contributed by atoms with Crippen LogP contribution in [0.25, 0.3) is 10.6 Å². The van der Waals surface area contributed by atoms with Gasteiger partial charge in [-0.15, -0.1) is 23.7 Å². The van der Waals surface area contributed by atoms with Gasteiger partial charge in [-0.1, -0.05) is 13.8 Å². The number of hydrogen-bond donors (Lipinski definition) is 2. The van der Waals surface area contributed by atoms with Gasteiger partial charge in [-0.2, -0.15) is 0 Å². The Morgan fingerprint density at radius 1 is 1.38 bits per heavy atom. The molecule has 0 radical (unpaired) electrons. The van der Waals surface area contributed by atoms with E-state index in [-0.39, 0.29) is 24.4 Å². The number of nitrogens with zero attached hydrogens (tertiary/aromatic N) is 1. The number of rotatable bonds is 5. The van der Waals surface area contributed by atoms with Gasteiger partial charge >= 0.3 is 0 Å². The molecule has 142 valence electrons. The number of aryl methyl sites for hydroxylation is 1. The van der Waals surface area contributed by atoms with Crippen molar-refractivity contribution in [2.75, 3.05) is 11.9 Å². The SMILES string of the molecule is CCOC1CC(N)(C(=O)Nc2ccc(-c3nc(C)cs3)cc2)C1(C)C.Cl. The summed E-state index contributed by atoms with van der Waals surface area (Å²) in [6, 6.07) is 7.70. The number of nitrogens with two attached hydrogens (primary N) is 1. The molecule has 1 saturated carbocycles. The van der Waals surface area contributed by atoms with E-state index in [9.17, 15) is 4.79 Å². The van der Waals surface area contributed by atoms with E-state index in [2.05, 4.69) is 10.3 Å². The van der Waals surface area contributed by atoms with Crippen molar-refractivity contribution < 1.29 is 9.53 Å². The Labute approximate surface area is 164 Å². The molecule has 1 fully saturated rings. The van der Waals surface area contributed by atoms with Crippen LogP contribution in [0.3, 0.4) is 0 Å². The molecule has 1 aromatic carbocycles. The summed E-state index contributed by atoms with van der Waals surface area (Å²) in [7, 11) is 0. The highest BCUT2D eigenvalue weighted by molar-refractivity contribution is 7.13.